The zero-order valence-corrected chi connectivity index (χ0v) is 20.0. The molecule has 4 rings (SSSR count). The molecule has 0 bridgehead atoms. The predicted octanol–water partition coefficient (Wildman–Crippen LogP) is 4.02. The summed E-state index contributed by atoms with van der Waals surface area (Å²) < 4.78 is 20.7. The van der Waals surface area contributed by atoms with Gasteiger partial charge in [0.05, 0.1) is 16.7 Å². The van der Waals surface area contributed by atoms with E-state index in [1.807, 2.05) is 6.07 Å². The number of halogens is 1. The lowest BCUT2D eigenvalue weighted by atomic mass is 10.00. The third-order valence-electron chi connectivity index (χ3n) is 5.83. The highest BCUT2D eigenvalue weighted by Crippen LogP contribution is 2.47. The Labute approximate surface area is 211 Å². The highest BCUT2D eigenvalue weighted by molar-refractivity contribution is 6.01. The summed E-state index contributed by atoms with van der Waals surface area (Å²) >= 11 is 0. The van der Waals surface area contributed by atoms with Crippen LogP contribution < -0.4 is 20.7 Å². The molecule has 1 saturated carbocycles. The molecule has 2 atom stereocenters. The molecule has 3 N–H and O–H groups in total. The van der Waals surface area contributed by atoms with Crippen LogP contribution in [0, 0.1) is 17.1 Å². The van der Waals surface area contributed by atoms with E-state index in [4.69, 9.17) is 10.00 Å². The Bertz CT molecular complexity index is 1390. The lowest BCUT2D eigenvalue weighted by Crippen LogP contribution is -2.31. The van der Waals surface area contributed by atoms with Crippen LogP contribution in [-0.4, -0.2) is 40.8 Å². The van der Waals surface area contributed by atoms with Gasteiger partial charge in [-0.05, 0) is 42.8 Å². The quantitative estimate of drug-likeness (QED) is 0.238. The fourth-order valence-electron chi connectivity index (χ4n) is 3.78. The van der Waals surface area contributed by atoms with Gasteiger partial charge >= 0.3 is 12.0 Å². The van der Waals surface area contributed by atoms with Gasteiger partial charge in [0.25, 0.3) is 0 Å². The second kappa shape index (κ2) is 10.8. The van der Waals surface area contributed by atoms with Gasteiger partial charge in [0.1, 0.15) is 29.3 Å². The molecule has 2 aromatic heterocycles. The summed E-state index contributed by atoms with van der Waals surface area (Å²) in [6.07, 6.45) is 3.14. The third kappa shape index (κ3) is 5.70. The van der Waals surface area contributed by atoms with E-state index in [2.05, 4.69) is 25.9 Å². The van der Waals surface area contributed by atoms with Crippen LogP contribution in [0.4, 0.5) is 20.8 Å². The van der Waals surface area contributed by atoms with Gasteiger partial charge in [-0.25, -0.2) is 23.9 Å². The average Bonchev–Trinajstić information content (AvgIpc) is 3.66. The number of carbonyl (C=O) groups excluding carboxylic acids is 3. The molecule has 1 aromatic carbocycles. The van der Waals surface area contributed by atoms with Gasteiger partial charge < -0.3 is 15.4 Å². The summed E-state index contributed by atoms with van der Waals surface area (Å²) in [5.74, 6) is -1.64. The number of Topliss-reactive ketones (excluding diaryl/α,β-unsaturated/α-hetero) is 1. The van der Waals surface area contributed by atoms with E-state index < -0.39 is 29.8 Å². The van der Waals surface area contributed by atoms with Crippen molar-refractivity contribution in [3.63, 3.8) is 0 Å². The first-order valence-electron chi connectivity index (χ1n) is 11.5. The maximum absolute atomic E-state index is 15.1. The zero-order chi connectivity index (χ0) is 26.5. The monoisotopic (exact) mass is 502 g/mol. The van der Waals surface area contributed by atoms with E-state index in [1.54, 1.807) is 20.0 Å². The van der Waals surface area contributed by atoms with Crippen molar-refractivity contribution in [3.05, 3.63) is 76.9 Å². The van der Waals surface area contributed by atoms with E-state index in [0.717, 1.165) is 6.07 Å². The Hall–Kier alpha value is -4.85. The molecule has 1 fully saturated rings. The van der Waals surface area contributed by atoms with Crippen molar-refractivity contribution < 1.29 is 23.5 Å². The molecule has 1 aliphatic rings. The topological polar surface area (TPSA) is 146 Å². The van der Waals surface area contributed by atoms with Crippen molar-refractivity contribution in [2.24, 2.45) is 0 Å². The van der Waals surface area contributed by atoms with Crippen LogP contribution >= 0.6 is 0 Å². The number of nitriles is 1. The number of esters is 1. The van der Waals surface area contributed by atoms with E-state index in [1.165, 1.54) is 36.7 Å². The number of ketones is 1. The van der Waals surface area contributed by atoms with Crippen molar-refractivity contribution >= 4 is 29.4 Å². The van der Waals surface area contributed by atoms with E-state index in [-0.39, 0.29) is 40.5 Å². The first kappa shape index (κ1) is 25.2. The summed E-state index contributed by atoms with van der Waals surface area (Å²) in [6.45, 7) is 1.65. The van der Waals surface area contributed by atoms with Crippen molar-refractivity contribution in [2.75, 3.05) is 17.7 Å². The zero-order valence-electron chi connectivity index (χ0n) is 20.0. The molecular weight excluding hydrogens is 479 g/mol. The smallest absolute Gasteiger partial charge is 0.345 e. The molecular formula is C26H23FN6O4. The number of anilines is 2. The number of nitrogens with one attached hydrogen (secondary N) is 3. The minimum atomic E-state index is -0.790. The van der Waals surface area contributed by atoms with Crippen LogP contribution in [0.1, 0.15) is 57.5 Å². The second-order valence-corrected chi connectivity index (χ2v) is 8.28. The Morgan fingerprint density at radius 3 is 2.49 bits per heavy atom. The number of aromatic nitrogens is 2. The fraction of sp³-hybridized carbons (Fsp3) is 0.231. The highest BCUT2D eigenvalue weighted by Gasteiger charge is 2.44. The molecule has 10 nitrogen and oxygen atoms in total. The Balaban J connectivity index is 1.55. The average molecular weight is 503 g/mol. The van der Waals surface area contributed by atoms with Crippen LogP contribution in [-0.2, 0) is 0 Å². The summed E-state index contributed by atoms with van der Waals surface area (Å²) in [4.78, 5) is 46.0. The molecule has 11 heteroatoms. The summed E-state index contributed by atoms with van der Waals surface area (Å²) in [5.41, 5.74) is 0.614. The Morgan fingerprint density at radius 1 is 1.11 bits per heavy atom. The third-order valence-corrected chi connectivity index (χ3v) is 5.83. The molecule has 37 heavy (non-hydrogen) atoms. The first-order chi connectivity index (χ1) is 17.8. The van der Waals surface area contributed by atoms with Crippen LogP contribution in [0.5, 0.6) is 5.75 Å². The Kier molecular flexibility index (Phi) is 7.39. The van der Waals surface area contributed by atoms with Crippen molar-refractivity contribution in [3.8, 4) is 11.8 Å². The molecule has 3 aromatic rings. The number of nitrogens with zero attached hydrogens (tertiary/aromatic N) is 3. The number of rotatable bonds is 8. The van der Waals surface area contributed by atoms with Crippen LogP contribution in [0.3, 0.4) is 0 Å². The molecule has 188 valence electrons. The highest BCUT2D eigenvalue weighted by atomic mass is 19.1. The van der Waals surface area contributed by atoms with Crippen molar-refractivity contribution in [1.29, 1.82) is 5.26 Å². The van der Waals surface area contributed by atoms with Gasteiger partial charge in [-0.2, -0.15) is 5.26 Å². The van der Waals surface area contributed by atoms with Gasteiger partial charge in [0.15, 0.2) is 5.78 Å². The maximum Gasteiger partial charge on any atom is 0.345 e. The Morgan fingerprint density at radius 2 is 1.86 bits per heavy atom. The van der Waals surface area contributed by atoms with Crippen molar-refractivity contribution in [1.82, 2.24) is 15.3 Å². The van der Waals surface area contributed by atoms with Gasteiger partial charge in [0.2, 0.25) is 0 Å². The number of ether oxygens (including phenoxy) is 1. The van der Waals surface area contributed by atoms with Gasteiger partial charge in [0, 0.05) is 43.4 Å². The number of urea groups is 1. The second-order valence-electron chi connectivity index (χ2n) is 8.28. The largest absolute Gasteiger partial charge is 0.422 e. The van der Waals surface area contributed by atoms with Crippen LogP contribution in [0.25, 0.3) is 0 Å². The van der Waals surface area contributed by atoms with Crippen molar-refractivity contribution in [2.45, 2.75) is 31.7 Å². The van der Waals surface area contributed by atoms with Crippen LogP contribution in [0.2, 0.25) is 0 Å². The molecule has 2 amide bonds. The number of pyridine rings is 2. The standard InChI is InChI=1S/C26H23FN6O4/c1-3-20(34)16-6-7-18(27)23(24(16)37-25(35)15-5-9-21(29-2)31-13-15)17-10-19(17)32-26(36)33-22-8-4-14(11-28)12-30-22/h4-9,12-13,17,19H,3,10H2,1-2H3,(H,29,31)(H2,30,32,33,36)/t17-,19+/m0/s1. The normalized spacial score (nSPS) is 15.7. The molecule has 0 aliphatic heterocycles. The number of amides is 2. The number of carbonyl (C=O) groups is 3. The first-order valence-corrected chi connectivity index (χ1v) is 11.5. The molecule has 0 unspecified atom stereocenters. The number of hydrogen-bond acceptors (Lipinski definition) is 8. The predicted molar refractivity (Wildman–Crippen MR) is 132 cm³/mol. The molecule has 2 heterocycles. The molecule has 0 saturated heterocycles. The SMILES string of the molecule is CCC(=O)c1ccc(F)c([C@H]2C[C@H]2NC(=O)Nc2ccc(C#N)cn2)c1OC(=O)c1ccc(NC)nc1. The van der Waals surface area contributed by atoms with Gasteiger partial charge in [-0.15, -0.1) is 0 Å². The summed E-state index contributed by atoms with van der Waals surface area (Å²) in [6, 6.07) is 9.45. The van der Waals surface area contributed by atoms with Crippen LogP contribution in [0.15, 0.2) is 48.8 Å². The lowest BCUT2D eigenvalue weighted by Gasteiger charge is -2.15. The minimum absolute atomic E-state index is 0.0502. The van der Waals surface area contributed by atoms with E-state index in [9.17, 15) is 14.4 Å². The minimum Gasteiger partial charge on any atom is -0.422 e. The van der Waals surface area contributed by atoms with E-state index >= 15 is 4.39 Å². The van der Waals surface area contributed by atoms with Gasteiger partial charge in [-0.1, -0.05) is 6.92 Å². The molecule has 0 radical (unpaired) electrons. The molecule has 1 aliphatic carbocycles. The fourth-order valence-corrected chi connectivity index (χ4v) is 3.78. The van der Waals surface area contributed by atoms with E-state index in [0.29, 0.717) is 17.8 Å². The lowest BCUT2D eigenvalue weighted by molar-refractivity contribution is 0.0729. The number of benzene rings is 1. The molecule has 0 spiro atoms. The summed E-state index contributed by atoms with van der Waals surface area (Å²) in [7, 11) is 1.68. The summed E-state index contributed by atoms with van der Waals surface area (Å²) in [5, 5.41) is 17.0. The van der Waals surface area contributed by atoms with Gasteiger partial charge in [-0.3, -0.25) is 10.1 Å². The maximum atomic E-state index is 15.1. The number of hydrogen-bond donors (Lipinski definition) is 3.